The van der Waals surface area contributed by atoms with Crippen LogP contribution < -0.4 is 0 Å². The standard InChI is InChI=1S/C72H74N4S4/c1-3-5-7-9-11-13-15-17-19-21-31-55-47-69(79-71(55)67-39-37-65(77-67)53-33-35-57-59(45-53)75-63-43-51-29-25-23-27-49(51)41-61(63)73-57)70-48-56(32-22-20-18-16-14-12-10-8-6-4-2)72(80-70)68-40-38-66(78-68)54-34-36-58-60(46-54)76-64-44-52-30-26-24-28-50(52)42-62(64)74-58/h23-30,33-48H,3-22,31-32H2,1-2H3. The maximum Gasteiger partial charge on any atom is 0.0901 e. The van der Waals surface area contributed by atoms with E-state index in [0.717, 1.165) is 57.0 Å². The van der Waals surface area contributed by atoms with Gasteiger partial charge in [0.25, 0.3) is 0 Å². The predicted molar refractivity (Wildman–Crippen MR) is 352 cm³/mol. The molecule has 0 saturated heterocycles. The Morgan fingerprint density at radius 1 is 0.263 bits per heavy atom. The second-order valence-corrected chi connectivity index (χ2v) is 26.6. The van der Waals surface area contributed by atoms with Crippen LogP contribution in [0, 0.1) is 0 Å². The lowest BCUT2D eigenvalue weighted by atomic mass is 10.0. The van der Waals surface area contributed by atoms with Crippen LogP contribution in [0.25, 0.3) is 116 Å². The van der Waals surface area contributed by atoms with E-state index in [1.807, 2.05) is 45.3 Å². The molecule has 0 aliphatic carbocycles. The Morgan fingerprint density at radius 3 is 0.938 bits per heavy atom. The van der Waals surface area contributed by atoms with Gasteiger partial charge in [-0.3, -0.25) is 0 Å². The summed E-state index contributed by atoms with van der Waals surface area (Å²) in [6, 6.07) is 53.5. The first-order valence-corrected chi connectivity index (χ1v) is 33.5. The minimum absolute atomic E-state index is 0.933. The van der Waals surface area contributed by atoms with Crippen molar-refractivity contribution < 1.29 is 0 Å². The van der Waals surface area contributed by atoms with Crippen LogP contribution in [0.1, 0.15) is 153 Å². The molecule has 8 heteroatoms. The van der Waals surface area contributed by atoms with Crippen LogP contribution in [0.15, 0.2) is 146 Å². The smallest absolute Gasteiger partial charge is 0.0901 e. The molecule has 6 aromatic carbocycles. The van der Waals surface area contributed by atoms with Gasteiger partial charge in [0.2, 0.25) is 0 Å². The van der Waals surface area contributed by atoms with Crippen molar-refractivity contribution in [3.8, 4) is 50.1 Å². The number of nitrogens with zero attached hydrogens (tertiary/aromatic N) is 4. The summed E-state index contributed by atoms with van der Waals surface area (Å²) >= 11 is 7.88. The van der Waals surface area contributed by atoms with Crippen molar-refractivity contribution in [1.29, 1.82) is 0 Å². The fourth-order valence-electron chi connectivity index (χ4n) is 11.8. The first kappa shape index (κ1) is 54.4. The number of rotatable bonds is 27. The molecule has 0 spiro atoms. The molecule has 0 aliphatic rings. The lowest BCUT2D eigenvalue weighted by molar-refractivity contribution is 0.556. The molecule has 0 amide bonds. The van der Waals surface area contributed by atoms with Crippen LogP contribution in [0.2, 0.25) is 0 Å². The average Bonchev–Trinajstić information content (AvgIpc) is 4.34. The molecule has 0 atom stereocenters. The van der Waals surface area contributed by atoms with E-state index in [4.69, 9.17) is 19.9 Å². The Labute approximate surface area is 489 Å². The molecule has 0 saturated carbocycles. The van der Waals surface area contributed by atoms with Gasteiger partial charge in [-0.15, -0.1) is 45.3 Å². The number of hydrogen-bond donors (Lipinski definition) is 0. The first-order valence-electron chi connectivity index (χ1n) is 30.2. The lowest BCUT2D eigenvalue weighted by Crippen LogP contribution is -1.88. The van der Waals surface area contributed by atoms with E-state index in [1.165, 1.54) is 211 Å². The quantitative estimate of drug-likeness (QED) is 0.0380. The SMILES string of the molecule is CCCCCCCCCCCCc1cc(-c2cc(CCCCCCCCCCCC)c(-c3ccc(-c4ccc5nc6cc7ccccc7cc6nc5c4)s3)s2)sc1-c1ccc(-c2ccc3nc4cc5ccccc5cc4nc3c2)s1. The van der Waals surface area contributed by atoms with Crippen molar-refractivity contribution in [1.82, 2.24) is 19.9 Å². The van der Waals surface area contributed by atoms with Crippen molar-refractivity contribution >= 4 is 111 Å². The van der Waals surface area contributed by atoms with Crippen molar-refractivity contribution in [2.45, 2.75) is 155 Å². The van der Waals surface area contributed by atoms with E-state index in [-0.39, 0.29) is 0 Å². The third kappa shape index (κ3) is 12.8. The fraction of sp³-hybridized carbons (Fsp3) is 0.333. The van der Waals surface area contributed by atoms with Crippen molar-refractivity contribution in [2.75, 3.05) is 0 Å². The van der Waals surface area contributed by atoms with Crippen LogP contribution >= 0.6 is 45.3 Å². The van der Waals surface area contributed by atoms with E-state index in [9.17, 15) is 0 Å². The van der Waals surface area contributed by atoms with Crippen LogP contribution in [0.4, 0.5) is 0 Å². The van der Waals surface area contributed by atoms with Crippen LogP contribution in [0.5, 0.6) is 0 Å². The number of aromatic nitrogens is 4. The Kier molecular flexibility index (Phi) is 17.8. The van der Waals surface area contributed by atoms with E-state index in [1.54, 1.807) is 0 Å². The summed E-state index contributed by atoms with van der Waals surface area (Å²) in [7, 11) is 0. The molecule has 0 aliphatic heterocycles. The number of benzene rings is 6. The first-order chi connectivity index (χ1) is 39.5. The van der Waals surface area contributed by atoms with Crippen LogP contribution in [-0.4, -0.2) is 19.9 Å². The molecule has 6 aromatic heterocycles. The van der Waals surface area contributed by atoms with Crippen LogP contribution in [-0.2, 0) is 12.8 Å². The molecule has 0 fully saturated rings. The van der Waals surface area contributed by atoms with Gasteiger partial charge in [0.05, 0.1) is 44.1 Å². The summed E-state index contributed by atoms with van der Waals surface area (Å²) in [4.78, 5) is 31.4. The summed E-state index contributed by atoms with van der Waals surface area (Å²) in [6.45, 7) is 4.62. The monoisotopic (exact) mass is 1120 g/mol. The third-order valence-electron chi connectivity index (χ3n) is 16.3. The fourth-order valence-corrected chi connectivity index (χ4v) is 16.5. The zero-order valence-corrected chi connectivity index (χ0v) is 50.1. The second-order valence-electron chi connectivity index (χ2n) is 22.4. The van der Waals surface area contributed by atoms with Crippen LogP contribution in [0.3, 0.4) is 0 Å². The lowest BCUT2D eigenvalue weighted by Gasteiger charge is -2.05. The maximum absolute atomic E-state index is 5.17. The number of thiophene rings is 4. The Morgan fingerprint density at radius 2 is 0.575 bits per heavy atom. The highest BCUT2D eigenvalue weighted by molar-refractivity contribution is 7.29. The molecule has 0 N–H and O–H groups in total. The van der Waals surface area contributed by atoms with Gasteiger partial charge in [-0.25, -0.2) is 19.9 Å². The van der Waals surface area contributed by atoms with E-state index >= 15 is 0 Å². The molecule has 0 unspecified atom stereocenters. The summed E-state index contributed by atoms with van der Waals surface area (Å²) in [5.74, 6) is 0. The zero-order chi connectivity index (χ0) is 54.0. The van der Waals surface area contributed by atoms with Gasteiger partial charge >= 0.3 is 0 Å². The average molecular weight is 1120 g/mol. The summed E-state index contributed by atoms with van der Waals surface area (Å²) in [6.07, 6.45) is 29.2. The zero-order valence-electron chi connectivity index (χ0n) is 46.8. The predicted octanol–water partition coefficient (Wildman–Crippen LogP) is 23.7. The topological polar surface area (TPSA) is 51.6 Å². The molecule has 4 nitrogen and oxygen atoms in total. The van der Waals surface area contributed by atoms with Gasteiger partial charge in [0.15, 0.2) is 0 Å². The minimum Gasteiger partial charge on any atom is -0.244 e. The molecular formula is C72H74N4S4. The summed E-state index contributed by atoms with van der Waals surface area (Å²) in [5, 5.41) is 4.77. The molecule has 6 heterocycles. The highest BCUT2D eigenvalue weighted by Crippen LogP contribution is 2.49. The number of fused-ring (bicyclic) bond motifs is 6. The number of hydrogen-bond acceptors (Lipinski definition) is 8. The summed E-state index contributed by atoms with van der Waals surface area (Å²) < 4.78 is 0. The molecular weight excluding hydrogens is 1050 g/mol. The second kappa shape index (κ2) is 26.2. The molecule has 0 radical (unpaired) electrons. The Balaban J connectivity index is 0.832. The van der Waals surface area contributed by atoms with E-state index in [2.05, 4.69) is 159 Å². The molecule has 406 valence electrons. The van der Waals surface area contributed by atoms with Gasteiger partial charge in [0, 0.05) is 39.0 Å². The normalized spacial score (nSPS) is 12.0. The molecule has 80 heavy (non-hydrogen) atoms. The van der Waals surface area contributed by atoms with Gasteiger partial charge in [-0.2, -0.15) is 0 Å². The molecule has 12 rings (SSSR count). The van der Waals surface area contributed by atoms with Gasteiger partial charge in [0.1, 0.15) is 0 Å². The van der Waals surface area contributed by atoms with E-state index in [0.29, 0.717) is 0 Å². The highest BCUT2D eigenvalue weighted by atomic mass is 32.1. The molecule has 0 bridgehead atoms. The number of unbranched alkanes of at least 4 members (excludes halogenated alkanes) is 18. The molecule has 12 aromatic rings. The van der Waals surface area contributed by atoms with Crippen molar-refractivity contribution in [2.24, 2.45) is 0 Å². The maximum atomic E-state index is 5.17. The van der Waals surface area contributed by atoms with Gasteiger partial charge < -0.3 is 0 Å². The van der Waals surface area contributed by atoms with Crippen molar-refractivity contribution in [3.05, 3.63) is 157 Å². The number of aryl methyl sites for hydroxylation is 2. The van der Waals surface area contributed by atoms with Gasteiger partial charge in [-0.1, -0.05) is 190 Å². The van der Waals surface area contributed by atoms with Crippen molar-refractivity contribution in [3.63, 3.8) is 0 Å². The summed E-state index contributed by atoms with van der Waals surface area (Å²) in [5.41, 5.74) is 12.9. The Hall–Kier alpha value is -6.16. The van der Waals surface area contributed by atoms with Gasteiger partial charge in [-0.05, 0) is 154 Å². The Bertz CT molecular complexity index is 3780. The minimum atomic E-state index is 0.933. The third-order valence-corrected chi connectivity index (χ3v) is 21.5. The largest absolute Gasteiger partial charge is 0.244 e. The highest BCUT2D eigenvalue weighted by Gasteiger charge is 2.21. The van der Waals surface area contributed by atoms with E-state index < -0.39 is 0 Å².